The Hall–Kier alpha value is -6.71. The number of nitrogens with zero attached hydrogens (tertiary/aromatic N) is 3. The van der Waals surface area contributed by atoms with Gasteiger partial charge in [-0.1, -0.05) is 164 Å². The van der Waals surface area contributed by atoms with E-state index in [1.807, 2.05) is 19.3 Å². The number of rotatable bonds is 8. The van der Waals surface area contributed by atoms with Crippen molar-refractivity contribution in [3.63, 3.8) is 0 Å². The van der Waals surface area contributed by atoms with Crippen LogP contribution < -0.4 is 0 Å². The molecule has 0 saturated carbocycles. The standard InChI is InChI=1S/C49H37N3/c1-34(35-19-23-39(24-20-35)46-17-7-12-37-10-3-5-15-44(37)46)52-49(42-27-21-36(22-28-42)43-14-9-31-51-33-43)32-48(50-2)41-29-25-40(26-30-41)47-18-8-13-38-11-4-6-16-45(38)47/h3-33H,1-2H3/b49-32-,50-48+,52-34+. The van der Waals surface area contributed by atoms with E-state index in [9.17, 15) is 0 Å². The molecule has 7 aromatic carbocycles. The Morgan fingerprint density at radius 2 is 1.00 bits per heavy atom. The van der Waals surface area contributed by atoms with E-state index in [2.05, 4.69) is 182 Å². The highest BCUT2D eigenvalue weighted by molar-refractivity contribution is 6.14. The summed E-state index contributed by atoms with van der Waals surface area (Å²) in [6.07, 6.45) is 5.78. The number of benzene rings is 7. The average Bonchev–Trinajstić information content (AvgIpc) is 3.22. The van der Waals surface area contributed by atoms with E-state index in [4.69, 9.17) is 9.98 Å². The molecule has 248 valence electrons. The molecule has 1 aromatic heterocycles. The maximum absolute atomic E-state index is 5.27. The van der Waals surface area contributed by atoms with Crippen molar-refractivity contribution in [2.24, 2.45) is 9.98 Å². The lowest BCUT2D eigenvalue weighted by Gasteiger charge is -2.11. The van der Waals surface area contributed by atoms with Crippen LogP contribution in [0.4, 0.5) is 0 Å². The van der Waals surface area contributed by atoms with Crippen molar-refractivity contribution >= 4 is 38.7 Å². The van der Waals surface area contributed by atoms with Gasteiger partial charge in [0.25, 0.3) is 0 Å². The second kappa shape index (κ2) is 14.6. The van der Waals surface area contributed by atoms with E-state index in [1.165, 1.54) is 43.8 Å². The SMILES string of the molecule is C\N=C(/C=C(\N=C(/C)c1ccc(-c2cccc3ccccc23)cc1)c1ccc(-c2cccnc2)cc1)c1ccc(-c2cccc3ccccc23)cc1. The summed E-state index contributed by atoms with van der Waals surface area (Å²) in [6.45, 7) is 2.08. The van der Waals surface area contributed by atoms with Crippen LogP contribution in [0.1, 0.15) is 23.6 Å². The third kappa shape index (κ3) is 6.73. The quantitative estimate of drug-likeness (QED) is 0.149. The molecule has 52 heavy (non-hydrogen) atoms. The van der Waals surface area contributed by atoms with Gasteiger partial charge in [-0.3, -0.25) is 15.0 Å². The summed E-state index contributed by atoms with van der Waals surface area (Å²) < 4.78 is 0. The molecular weight excluding hydrogens is 631 g/mol. The highest BCUT2D eigenvalue weighted by Gasteiger charge is 2.11. The molecule has 0 bridgehead atoms. The summed E-state index contributed by atoms with van der Waals surface area (Å²) in [5.41, 5.74) is 12.7. The van der Waals surface area contributed by atoms with Crippen molar-refractivity contribution in [1.29, 1.82) is 0 Å². The Morgan fingerprint density at radius 1 is 0.481 bits per heavy atom. The third-order valence-corrected chi connectivity index (χ3v) is 9.66. The summed E-state index contributed by atoms with van der Waals surface area (Å²) in [5.74, 6) is 0. The third-order valence-electron chi connectivity index (χ3n) is 9.66. The van der Waals surface area contributed by atoms with Crippen LogP contribution in [-0.2, 0) is 0 Å². The van der Waals surface area contributed by atoms with Crippen LogP contribution >= 0.6 is 0 Å². The molecule has 0 unspecified atom stereocenters. The summed E-state index contributed by atoms with van der Waals surface area (Å²) in [5, 5.41) is 4.97. The molecule has 3 heteroatoms. The summed E-state index contributed by atoms with van der Waals surface area (Å²) in [4.78, 5) is 14.3. The number of pyridine rings is 1. The maximum Gasteiger partial charge on any atom is 0.0726 e. The number of aromatic nitrogens is 1. The fourth-order valence-corrected chi connectivity index (χ4v) is 6.86. The molecule has 1 heterocycles. The highest BCUT2D eigenvalue weighted by Crippen LogP contribution is 2.31. The first-order chi connectivity index (χ1) is 25.6. The molecule has 0 amide bonds. The molecular formula is C49H37N3. The lowest BCUT2D eigenvalue weighted by Crippen LogP contribution is -2.01. The predicted molar refractivity (Wildman–Crippen MR) is 221 cm³/mol. The van der Waals surface area contributed by atoms with Gasteiger partial charge in [0.05, 0.1) is 11.4 Å². The molecule has 0 spiro atoms. The van der Waals surface area contributed by atoms with Gasteiger partial charge in [-0.2, -0.15) is 0 Å². The van der Waals surface area contributed by atoms with Crippen molar-refractivity contribution in [1.82, 2.24) is 4.98 Å². The van der Waals surface area contributed by atoms with Gasteiger partial charge in [0.2, 0.25) is 0 Å². The van der Waals surface area contributed by atoms with Crippen molar-refractivity contribution in [3.8, 4) is 33.4 Å². The second-order valence-electron chi connectivity index (χ2n) is 12.9. The monoisotopic (exact) mass is 667 g/mol. The predicted octanol–water partition coefficient (Wildman–Crippen LogP) is 12.4. The van der Waals surface area contributed by atoms with Crippen molar-refractivity contribution in [2.45, 2.75) is 6.92 Å². The first-order valence-corrected chi connectivity index (χ1v) is 17.6. The summed E-state index contributed by atoms with van der Waals surface area (Å²) in [6, 6.07) is 60.0. The van der Waals surface area contributed by atoms with Crippen LogP contribution in [0.15, 0.2) is 198 Å². The van der Waals surface area contributed by atoms with Gasteiger partial charge >= 0.3 is 0 Å². The largest absolute Gasteiger partial charge is 0.288 e. The Morgan fingerprint density at radius 3 is 1.56 bits per heavy atom. The van der Waals surface area contributed by atoms with Gasteiger partial charge < -0.3 is 0 Å². The molecule has 0 fully saturated rings. The number of hydrogen-bond acceptors (Lipinski definition) is 3. The lowest BCUT2D eigenvalue weighted by molar-refractivity contribution is 1.33. The number of allylic oxidation sites excluding steroid dienone is 1. The Balaban J connectivity index is 1.15. The van der Waals surface area contributed by atoms with E-state index in [0.717, 1.165) is 44.9 Å². The minimum atomic E-state index is 0.840. The number of aliphatic imine (C=N–C) groups is 2. The Kier molecular flexibility index (Phi) is 9.15. The van der Waals surface area contributed by atoms with E-state index in [0.29, 0.717) is 0 Å². The molecule has 0 N–H and O–H groups in total. The molecule has 0 aliphatic heterocycles. The van der Waals surface area contributed by atoms with Crippen LogP contribution in [0.25, 0.3) is 60.6 Å². The maximum atomic E-state index is 5.27. The van der Waals surface area contributed by atoms with E-state index in [-0.39, 0.29) is 0 Å². The molecule has 0 aliphatic rings. The molecule has 3 nitrogen and oxygen atoms in total. The normalized spacial score (nSPS) is 12.4. The minimum absolute atomic E-state index is 0.840. The van der Waals surface area contributed by atoms with Crippen molar-refractivity contribution in [3.05, 3.63) is 205 Å². The fourth-order valence-electron chi connectivity index (χ4n) is 6.86. The zero-order chi connectivity index (χ0) is 35.3. The van der Waals surface area contributed by atoms with E-state index >= 15 is 0 Å². The number of fused-ring (bicyclic) bond motifs is 2. The van der Waals surface area contributed by atoms with Crippen molar-refractivity contribution < 1.29 is 0 Å². The molecule has 8 rings (SSSR count). The van der Waals surface area contributed by atoms with Crippen LogP contribution in [0.3, 0.4) is 0 Å². The summed E-state index contributed by atoms with van der Waals surface area (Å²) in [7, 11) is 1.84. The zero-order valence-electron chi connectivity index (χ0n) is 29.2. The Labute approximate surface area is 305 Å². The van der Waals surface area contributed by atoms with Gasteiger partial charge in [-0.15, -0.1) is 0 Å². The van der Waals surface area contributed by atoms with Gasteiger partial charge in [-0.25, -0.2) is 0 Å². The van der Waals surface area contributed by atoms with Crippen molar-refractivity contribution in [2.75, 3.05) is 7.05 Å². The average molecular weight is 668 g/mol. The molecule has 0 atom stereocenters. The van der Waals surface area contributed by atoms with Crippen LogP contribution in [0.5, 0.6) is 0 Å². The van der Waals surface area contributed by atoms with Crippen LogP contribution in [0, 0.1) is 0 Å². The number of hydrogen-bond donors (Lipinski definition) is 0. The minimum Gasteiger partial charge on any atom is -0.288 e. The van der Waals surface area contributed by atoms with Crippen LogP contribution in [-0.4, -0.2) is 23.5 Å². The molecule has 0 aliphatic carbocycles. The highest BCUT2D eigenvalue weighted by atomic mass is 14.8. The second-order valence-corrected chi connectivity index (χ2v) is 12.9. The van der Waals surface area contributed by atoms with Crippen LogP contribution in [0.2, 0.25) is 0 Å². The fraction of sp³-hybridized carbons (Fsp3) is 0.0408. The van der Waals surface area contributed by atoms with E-state index < -0.39 is 0 Å². The van der Waals surface area contributed by atoms with Gasteiger partial charge in [0.15, 0.2) is 0 Å². The summed E-state index contributed by atoms with van der Waals surface area (Å²) >= 11 is 0. The topological polar surface area (TPSA) is 37.6 Å². The lowest BCUT2D eigenvalue weighted by atomic mass is 9.96. The molecule has 0 saturated heterocycles. The Bertz CT molecular complexity index is 2580. The molecule has 0 radical (unpaired) electrons. The van der Waals surface area contributed by atoms with Gasteiger partial charge in [0, 0.05) is 30.7 Å². The first-order valence-electron chi connectivity index (χ1n) is 17.6. The molecule has 8 aromatic rings. The smallest absolute Gasteiger partial charge is 0.0726 e. The van der Waals surface area contributed by atoms with Gasteiger partial charge in [0.1, 0.15) is 0 Å². The first kappa shape index (κ1) is 32.5. The zero-order valence-corrected chi connectivity index (χ0v) is 29.2. The van der Waals surface area contributed by atoms with E-state index in [1.54, 1.807) is 6.20 Å². The van der Waals surface area contributed by atoms with Gasteiger partial charge in [-0.05, 0) is 85.1 Å².